The van der Waals surface area contributed by atoms with Crippen molar-refractivity contribution in [2.45, 2.75) is 26.7 Å². The second kappa shape index (κ2) is 8.72. The molecule has 2 aromatic carbocycles. The quantitative estimate of drug-likeness (QED) is 0.586. The van der Waals surface area contributed by atoms with Crippen LogP contribution in [-0.4, -0.2) is 29.8 Å². The molecule has 3 rings (SSSR count). The number of amides is 2. The zero-order valence-corrected chi connectivity index (χ0v) is 16.5. The number of hydrogen-bond donors (Lipinski definition) is 2. The van der Waals surface area contributed by atoms with Crippen LogP contribution >= 0.6 is 0 Å². The number of nitrogens with zero attached hydrogens (tertiary/aromatic N) is 2. The second-order valence-electron chi connectivity index (χ2n) is 7.37. The van der Waals surface area contributed by atoms with Gasteiger partial charge in [-0.3, -0.25) is 19.7 Å². The van der Waals surface area contributed by atoms with E-state index in [1.807, 2.05) is 4.90 Å². The molecule has 1 saturated heterocycles. The SMILES string of the molecule is CC(=O)Nc1ccc(NC(=O)c2ccc(N3CCC[C@@H](C)C3)c([N+](=O)[O-])c2)cc1. The van der Waals surface area contributed by atoms with E-state index in [9.17, 15) is 19.7 Å². The Bertz CT molecular complexity index is 927. The first-order valence-electron chi connectivity index (χ1n) is 9.56. The van der Waals surface area contributed by atoms with Gasteiger partial charge in [0.05, 0.1) is 4.92 Å². The Labute approximate surface area is 169 Å². The van der Waals surface area contributed by atoms with Gasteiger partial charge in [0.25, 0.3) is 11.6 Å². The lowest BCUT2D eigenvalue weighted by molar-refractivity contribution is -0.384. The summed E-state index contributed by atoms with van der Waals surface area (Å²) >= 11 is 0. The highest BCUT2D eigenvalue weighted by atomic mass is 16.6. The molecule has 29 heavy (non-hydrogen) atoms. The molecule has 2 N–H and O–H groups in total. The fourth-order valence-electron chi connectivity index (χ4n) is 3.53. The number of anilines is 3. The van der Waals surface area contributed by atoms with Gasteiger partial charge < -0.3 is 15.5 Å². The third-order valence-corrected chi connectivity index (χ3v) is 4.90. The van der Waals surface area contributed by atoms with Crippen LogP contribution in [0.5, 0.6) is 0 Å². The summed E-state index contributed by atoms with van der Waals surface area (Å²) in [5.74, 6) is -0.136. The first kappa shape index (κ1) is 20.3. The number of hydrogen-bond acceptors (Lipinski definition) is 5. The first-order chi connectivity index (χ1) is 13.8. The third kappa shape index (κ3) is 5.10. The molecule has 8 heteroatoms. The average molecular weight is 396 g/mol. The highest BCUT2D eigenvalue weighted by Crippen LogP contribution is 2.32. The molecule has 2 aromatic rings. The van der Waals surface area contributed by atoms with Crippen molar-refractivity contribution in [1.29, 1.82) is 0 Å². The highest BCUT2D eigenvalue weighted by molar-refractivity contribution is 6.05. The number of carbonyl (C=O) groups is 2. The molecule has 8 nitrogen and oxygen atoms in total. The zero-order chi connectivity index (χ0) is 21.0. The molecular weight excluding hydrogens is 372 g/mol. The third-order valence-electron chi connectivity index (χ3n) is 4.90. The maximum absolute atomic E-state index is 12.6. The molecule has 0 radical (unpaired) electrons. The van der Waals surface area contributed by atoms with Crippen LogP contribution in [0.25, 0.3) is 0 Å². The molecule has 0 spiro atoms. The molecule has 0 aromatic heterocycles. The van der Waals surface area contributed by atoms with Gasteiger partial charge in [-0.1, -0.05) is 6.92 Å². The van der Waals surface area contributed by atoms with E-state index in [4.69, 9.17) is 0 Å². The van der Waals surface area contributed by atoms with Crippen molar-refractivity contribution in [2.24, 2.45) is 5.92 Å². The zero-order valence-electron chi connectivity index (χ0n) is 16.5. The van der Waals surface area contributed by atoms with Crippen LogP contribution < -0.4 is 15.5 Å². The molecule has 1 atom stereocenters. The van der Waals surface area contributed by atoms with Crippen molar-refractivity contribution in [3.05, 3.63) is 58.1 Å². The van der Waals surface area contributed by atoms with E-state index in [0.717, 1.165) is 25.9 Å². The van der Waals surface area contributed by atoms with Crippen molar-refractivity contribution in [2.75, 3.05) is 28.6 Å². The highest BCUT2D eigenvalue weighted by Gasteiger charge is 2.25. The first-order valence-corrected chi connectivity index (χ1v) is 9.56. The monoisotopic (exact) mass is 396 g/mol. The molecule has 1 aliphatic heterocycles. The Morgan fingerprint density at radius 2 is 1.76 bits per heavy atom. The Hall–Kier alpha value is -3.42. The predicted octanol–water partition coefficient (Wildman–Crippen LogP) is 4.04. The van der Waals surface area contributed by atoms with Gasteiger partial charge in [-0.25, -0.2) is 0 Å². The standard InChI is InChI=1S/C21H24N4O4/c1-14-4-3-11-24(13-14)19-10-5-16(12-20(19)25(28)29)21(27)23-18-8-6-17(7-9-18)22-15(2)26/h5-10,12,14H,3-4,11,13H2,1-2H3,(H,22,26)(H,23,27)/t14-/m1/s1. The van der Waals surface area contributed by atoms with Gasteiger partial charge >= 0.3 is 0 Å². The number of nitrogens with one attached hydrogen (secondary N) is 2. The van der Waals surface area contributed by atoms with E-state index >= 15 is 0 Å². The molecule has 1 heterocycles. The van der Waals surface area contributed by atoms with Crippen LogP contribution in [0.2, 0.25) is 0 Å². The summed E-state index contributed by atoms with van der Waals surface area (Å²) in [6.45, 7) is 5.10. The molecular formula is C21H24N4O4. The Morgan fingerprint density at radius 3 is 2.34 bits per heavy atom. The van der Waals surface area contributed by atoms with Crippen molar-refractivity contribution >= 4 is 34.6 Å². The fourth-order valence-corrected chi connectivity index (χ4v) is 3.53. The maximum Gasteiger partial charge on any atom is 0.293 e. The van der Waals surface area contributed by atoms with Gasteiger partial charge in [-0.15, -0.1) is 0 Å². The molecule has 2 amide bonds. The molecule has 0 bridgehead atoms. The molecule has 0 unspecified atom stereocenters. The lowest BCUT2D eigenvalue weighted by atomic mass is 9.99. The lowest BCUT2D eigenvalue weighted by Crippen LogP contribution is -2.34. The molecule has 1 fully saturated rings. The summed E-state index contributed by atoms with van der Waals surface area (Å²) in [4.78, 5) is 36.8. The molecule has 0 saturated carbocycles. The van der Waals surface area contributed by atoms with Gasteiger partial charge in [0.2, 0.25) is 5.91 Å². The van der Waals surface area contributed by atoms with Crippen molar-refractivity contribution in [3.63, 3.8) is 0 Å². The largest absolute Gasteiger partial charge is 0.366 e. The summed E-state index contributed by atoms with van der Waals surface area (Å²) < 4.78 is 0. The minimum absolute atomic E-state index is 0.0623. The number of rotatable bonds is 5. The minimum atomic E-state index is -0.437. The second-order valence-corrected chi connectivity index (χ2v) is 7.37. The average Bonchev–Trinajstić information content (AvgIpc) is 2.68. The summed E-state index contributed by atoms with van der Waals surface area (Å²) in [5.41, 5.74) is 1.86. The van der Waals surface area contributed by atoms with Gasteiger partial charge in [-0.05, 0) is 55.2 Å². The van der Waals surface area contributed by atoms with Crippen molar-refractivity contribution < 1.29 is 14.5 Å². The number of piperidine rings is 1. The summed E-state index contributed by atoms with van der Waals surface area (Å²) in [5, 5.41) is 17.0. The van der Waals surface area contributed by atoms with Crippen LogP contribution in [0.4, 0.5) is 22.7 Å². The Morgan fingerprint density at radius 1 is 1.10 bits per heavy atom. The van der Waals surface area contributed by atoms with Crippen LogP contribution in [-0.2, 0) is 4.79 Å². The fraction of sp³-hybridized carbons (Fsp3) is 0.333. The van der Waals surface area contributed by atoms with E-state index in [2.05, 4.69) is 17.6 Å². The van der Waals surface area contributed by atoms with Crippen molar-refractivity contribution in [3.8, 4) is 0 Å². The van der Waals surface area contributed by atoms with E-state index in [-0.39, 0.29) is 17.2 Å². The normalized spacial score (nSPS) is 16.2. The number of carbonyl (C=O) groups excluding carboxylic acids is 2. The van der Waals surface area contributed by atoms with Gasteiger partial charge in [0.1, 0.15) is 5.69 Å². The van der Waals surface area contributed by atoms with Crippen LogP contribution in [0.1, 0.15) is 37.0 Å². The molecule has 1 aliphatic rings. The van der Waals surface area contributed by atoms with Gasteiger partial charge in [0.15, 0.2) is 0 Å². The van der Waals surface area contributed by atoms with E-state index in [1.165, 1.54) is 13.0 Å². The van der Waals surface area contributed by atoms with Crippen LogP contribution in [0, 0.1) is 16.0 Å². The number of nitro groups is 1. The Kier molecular flexibility index (Phi) is 6.11. The van der Waals surface area contributed by atoms with Gasteiger partial charge in [0, 0.05) is 43.0 Å². The number of benzene rings is 2. The molecule has 152 valence electrons. The number of nitro benzene ring substituents is 1. The van der Waals surface area contributed by atoms with Gasteiger partial charge in [-0.2, -0.15) is 0 Å². The van der Waals surface area contributed by atoms with Crippen LogP contribution in [0.3, 0.4) is 0 Å². The minimum Gasteiger partial charge on any atom is -0.366 e. The van der Waals surface area contributed by atoms with Crippen LogP contribution in [0.15, 0.2) is 42.5 Å². The molecule has 0 aliphatic carbocycles. The van der Waals surface area contributed by atoms with E-state index < -0.39 is 10.8 Å². The van der Waals surface area contributed by atoms with E-state index in [1.54, 1.807) is 36.4 Å². The summed E-state index contributed by atoms with van der Waals surface area (Å²) in [7, 11) is 0. The van der Waals surface area contributed by atoms with Crippen molar-refractivity contribution in [1.82, 2.24) is 0 Å². The predicted molar refractivity (Wildman–Crippen MR) is 112 cm³/mol. The summed E-state index contributed by atoms with van der Waals surface area (Å²) in [6, 6.07) is 11.2. The Balaban J connectivity index is 1.77. The lowest BCUT2D eigenvalue weighted by Gasteiger charge is -2.32. The smallest absolute Gasteiger partial charge is 0.293 e. The summed E-state index contributed by atoms with van der Waals surface area (Å²) in [6.07, 6.45) is 2.11. The van der Waals surface area contributed by atoms with E-state index in [0.29, 0.717) is 23.0 Å². The topological polar surface area (TPSA) is 105 Å². The maximum atomic E-state index is 12.6.